The van der Waals surface area contributed by atoms with E-state index in [1.807, 2.05) is 0 Å². The van der Waals surface area contributed by atoms with Crippen molar-refractivity contribution in [3.63, 3.8) is 0 Å². The number of alkyl halides is 3. The molecule has 1 aliphatic rings. The molecule has 1 saturated heterocycles. The standard InChI is InChI=1S/C14H17F5N2/c15-11-3-1-2-10(13(11)16)12(20)8-21-6-4-9(5-7-21)14(17,18)19/h1-3,9,12H,4-8,20H2. The van der Waals surface area contributed by atoms with E-state index >= 15 is 0 Å². The third kappa shape index (κ3) is 3.91. The van der Waals surface area contributed by atoms with Crippen molar-refractivity contribution in [3.8, 4) is 0 Å². The Morgan fingerprint density at radius 2 is 1.81 bits per heavy atom. The van der Waals surface area contributed by atoms with Gasteiger partial charge in [0.1, 0.15) is 0 Å². The van der Waals surface area contributed by atoms with E-state index in [1.165, 1.54) is 12.1 Å². The number of hydrogen-bond donors (Lipinski definition) is 1. The second-order valence-corrected chi connectivity index (χ2v) is 5.37. The zero-order valence-electron chi connectivity index (χ0n) is 11.3. The fourth-order valence-corrected chi connectivity index (χ4v) is 2.63. The average Bonchev–Trinajstić information content (AvgIpc) is 2.41. The molecule has 0 amide bonds. The first-order valence-corrected chi connectivity index (χ1v) is 6.77. The zero-order valence-corrected chi connectivity index (χ0v) is 11.3. The van der Waals surface area contributed by atoms with Crippen LogP contribution in [0.2, 0.25) is 0 Å². The molecule has 0 aromatic heterocycles. The van der Waals surface area contributed by atoms with E-state index in [2.05, 4.69) is 0 Å². The molecule has 1 aromatic carbocycles. The molecule has 0 radical (unpaired) electrons. The minimum absolute atomic E-state index is 0.0157. The molecule has 0 spiro atoms. The van der Waals surface area contributed by atoms with Crippen LogP contribution in [0.15, 0.2) is 18.2 Å². The van der Waals surface area contributed by atoms with Gasteiger partial charge in [-0.2, -0.15) is 13.2 Å². The van der Waals surface area contributed by atoms with Crippen LogP contribution in [0.3, 0.4) is 0 Å². The summed E-state index contributed by atoms with van der Waals surface area (Å²) in [5.74, 6) is -3.25. The number of nitrogens with two attached hydrogens (primary N) is 1. The van der Waals surface area contributed by atoms with E-state index in [4.69, 9.17) is 5.73 Å². The molecule has 1 heterocycles. The lowest BCUT2D eigenvalue weighted by molar-refractivity contribution is -0.185. The predicted molar refractivity (Wildman–Crippen MR) is 68.5 cm³/mol. The zero-order chi connectivity index (χ0) is 15.6. The molecule has 118 valence electrons. The van der Waals surface area contributed by atoms with Crippen molar-refractivity contribution >= 4 is 0 Å². The van der Waals surface area contributed by atoms with E-state index in [-0.39, 0.29) is 38.0 Å². The Labute approximate surface area is 119 Å². The van der Waals surface area contributed by atoms with Crippen LogP contribution in [0.5, 0.6) is 0 Å². The minimum atomic E-state index is -4.16. The molecule has 1 aromatic rings. The molecule has 2 rings (SSSR count). The summed E-state index contributed by atoms with van der Waals surface area (Å²) in [5, 5.41) is 0. The van der Waals surface area contributed by atoms with Gasteiger partial charge in [-0.1, -0.05) is 12.1 Å². The monoisotopic (exact) mass is 308 g/mol. The smallest absolute Gasteiger partial charge is 0.323 e. The van der Waals surface area contributed by atoms with Crippen molar-refractivity contribution in [1.82, 2.24) is 4.90 Å². The van der Waals surface area contributed by atoms with Crippen molar-refractivity contribution in [2.24, 2.45) is 11.7 Å². The molecular weight excluding hydrogens is 291 g/mol. The second-order valence-electron chi connectivity index (χ2n) is 5.37. The van der Waals surface area contributed by atoms with Gasteiger partial charge in [0.15, 0.2) is 11.6 Å². The molecular formula is C14H17F5N2. The second kappa shape index (κ2) is 6.27. The first-order chi connectivity index (χ1) is 9.79. The van der Waals surface area contributed by atoms with Crippen LogP contribution in [-0.4, -0.2) is 30.7 Å². The minimum Gasteiger partial charge on any atom is -0.323 e. The summed E-state index contributed by atoms with van der Waals surface area (Å²) in [7, 11) is 0. The predicted octanol–water partition coefficient (Wildman–Crippen LogP) is 3.24. The van der Waals surface area contributed by atoms with Crippen LogP contribution in [0.25, 0.3) is 0 Å². The van der Waals surface area contributed by atoms with Crippen LogP contribution in [0, 0.1) is 17.6 Å². The maximum atomic E-state index is 13.6. The maximum Gasteiger partial charge on any atom is 0.391 e. The highest BCUT2D eigenvalue weighted by Crippen LogP contribution is 2.34. The quantitative estimate of drug-likeness (QED) is 0.869. The number of likely N-dealkylation sites (tertiary alicyclic amines) is 1. The van der Waals surface area contributed by atoms with E-state index in [9.17, 15) is 22.0 Å². The normalized spacial score (nSPS) is 19.7. The topological polar surface area (TPSA) is 29.3 Å². The fraction of sp³-hybridized carbons (Fsp3) is 0.571. The van der Waals surface area contributed by atoms with Crippen LogP contribution >= 0.6 is 0 Å². The Bertz CT molecular complexity index is 481. The fourth-order valence-electron chi connectivity index (χ4n) is 2.63. The third-order valence-corrected chi connectivity index (χ3v) is 3.89. The molecule has 1 unspecified atom stereocenters. The van der Waals surface area contributed by atoms with Gasteiger partial charge in [-0.15, -0.1) is 0 Å². The summed E-state index contributed by atoms with van der Waals surface area (Å²) in [6.45, 7) is 0.731. The van der Waals surface area contributed by atoms with Gasteiger partial charge in [0.05, 0.1) is 5.92 Å². The Balaban J connectivity index is 1.93. The largest absolute Gasteiger partial charge is 0.391 e. The van der Waals surface area contributed by atoms with Gasteiger partial charge < -0.3 is 10.6 Å². The van der Waals surface area contributed by atoms with Gasteiger partial charge >= 0.3 is 6.18 Å². The Morgan fingerprint density at radius 1 is 1.19 bits per heavy atom. The highest BCUT2D eigenvalue weighted by atomic mass is 19.4. The molecule has 0 saturated carbocycles. The summed E-state index contributed by atoms with van der Waals surface area (Å²) in [6, 6.07) is 3.00. The molecule has 1 fully saturated rings. The molecule has 7 heteroatoms. The van der Waals surface area contributed by atoms with Crippen LogP contribution in [0.4, 0.5) is 22.0 Å². The van der Waals surface area contributed by atoms with Crippen molar-refractivity contribution in [2.45, 2.75) is 25.1 Å². The van der Waals surface area contributed by atoms with E-state index in [0.29, 0.717) is 0 Å². The van der Waals surface area contributed by atoms with Crippen molar-refractivity contribution in [3.05, 3.63) is 35.4 Å². The molecule has 0 aliphatic carbocycles. The highest BCUT2D eigenvalue weighted by Gasteiger charge is 2.41. The van der Waals surface area contributed by atoms with E-state index in [1.54, 1.807) is 4.90 Å². The van der Waals surface area contributed by atoms with Crippen molar-refractivity contribution in [1.29, 1.82) is 0 Å². The summed E-state index contributed by atoms with van der Waals surface area (Å²) in [5.41, 5.74) is 5.89. The molecule has 2 nitrogen and oxygen atoms in total. The molecule has 1 atom stereocenters. The SMILES string of the molecule is NC(CN1CCC(C(F)(F)F)CC1)c1cccc(F)c1F. The lowest BCUT2D eigenvalue weighted by Gasteiger charge is -2.34. The van der Waals surface area contributed by atoms with E-state index in [0.717, 1.165) is 6.07 Å². The van der Waals surface area contributed by atoms with Crippen molar-refractivity contribution in [2.75, 3.05) is 19.6 Å². The summed E-state index contributed by atoms with van der Waals surface area (Å²) >= 11 is 0. The highest BCUT2D eigenvalue weighted by molar-refractivity contribution is 5.22. The lowest BCUT2D eigenvalue weighted by Crippen LogP contribution is -2.42. The summed E-state index contributed by atoms with van der Waals surface area (Å²) in [6.07, 6.45) is -4.13. The van der Waals surface area contributed by atoms with Crippen molar-refractivity contribution < 1.29 is 22.0 Å². The number of benzene rings is 1. The average molecular weight is 308 g/mol. The molecule has 1 aliphatic heterocycles. The number of hydrogen-bond acceptors (Lipinski definition) is 2. The Hall–Kier alpha value is -1.21. The van der Waals surface area contributed by atoms with Crippen LogP contribution in [-0.2, 0) is 0 Å². The van der Waals surface area contributed by atoms with Gasteiger partial charge in [0.25, 0.3) is 0 Å². The summed E-state index contributed by atoms with van der Waals surface area (Å²) in [4.78, 5) is 1.76. The Morgan fingerprint density at radius 3 is 2.38 bits per heavy atom. The van der Waals surface area contributed by atoms with Gasteiger partial charge in [-0.3, -0.25) is 0 Å². The van der Waals surface area contributed by atoms with Gasteiger partial charge in [0, 0.05) is 18.2 Å². The number of halogens is 5. The molecule has 2 N–H and O–H groups in total. The first-order valence-electron chi connectivity index (χ1n) is 6.77. The van der Waals surface area contributed by atoms with Crippen LogP contribution in [0.1, 0.15) is 24.4 Å². The molecule has 21 heavy (non-hydrogen) atoms. The van der Waals surface area contributed by atoms with Gasteiger partial charge in [0.2, 0.25) is 0 Å². The van der Waals surface area contributed by atoms with Gasteiger partial charge in [-0.05, 0) is 32.0 Å². The van der Waals surface area contributed by atoms with E-state index < -0.39 is 29.8 Å². The Kier molecular flexibility index (Phi) is 4.83. The third-order valence-electron chi connectivity index (χ3n) is 3.89. The molecule has 0 bridgehead atoms. The number of nitrogens with zero attached hydrogens (tertiary/aromatic N) is 1. The lowest BCUT2D eigenvalue weighted by atomic mass is 9.95. The van der Waals surface area contributed by atoms with Crippen LogP contribution < -0.4 is 5.73 Å². The maximum absolute atomic E-state index is 13.6. The van der Waals surface area contributed by atoms with Gasteiger partial charge in [-0.25, -0.2) is 8.78 Å². The summed E-state index contributed by atoms with van der Waals surface area (Å²) < 4.78 is 64.4. The number of piperidine rings is 1. The number of rotatable bonds is 3. The first kappa shape index (κ1) is 16.2.